The lowest BCUT2D eigenvalue weighted by Gasteiger charge is -2.31. The largest absolute Gasteiger partial charge is 0.380 e. The van der Waals surface area contributed by atoms with Crippen LogP contribution in [0.4, 0.5) is 5.69 Å². The molecule has 1 aromatic rings. The summed E-state index contributed by atoms with van der Waals surface area (Å²) < 4.78 is 0. The number of hydrogen-bond acceptors (Lipinski definition) is 7. The van der Waals surface area contributed by atoms with Gasteiger partial charge >= 0.3 is 0 Å². The molecular weight excluding hydrogens is 498 g/mol. The van der Waals surface area contributed by atoms with Crippen LogP contribution in [0, 0.1) is 5.92 Å². The Hall–Kier alpha value is -2.98. The van der Waals surface area contributed by atoms with Crippen LogP contribution in [-0.4, -0.2) is 101 Å². The SMILES string of the molecule is CC(C)CC(NC(=O)c1ccc(N2CCNCC2)cc1)C(=O)N1CCC2C1C(=O)CN2C(=O)C1(O)CCCC1. The van der Waals surface area contributed by atoms with Crippen LogP contribution in [0.1, 0.15) is 62.7 Å². The van der Waals surface area contributed by atoms with Gasteiger partial charge in [-0.1, -0.05) is 13.8 Å². The van der Waals surface area contributed by atoms with Crippen molar-refractivity contribution < 1.29 is 24.3 Å². The molecule has 3 saturated heterocycles. The number of likely N-dealkylation sites (tertiary alicyclic amines) is 2. The zero-order valence-electron chi connectivity index (χ0n) is 23.0. The number of hydrogen-bond donors (Lipinski definition) is 3. The number of rotatable bonds is 7. The third-order valence-corrected chi connectivity index (χ3v) is 8.72. The van der Waals surface area contributed by atoms with Crippen molar-refractivity contribution in [3.8, 4) is 0 Å². The zero-order valence-corrected chi connectivity index (χ0v) is 23.0. The first-order chi connectivity index (χ1) is 18.7. The Morgan fingerprint density at radius 1 is 1.05 bits per heavy atom. The van der Waals surface area contributed by atoms with Gasteiger partial charge in [-0.2, -0.15) is 0 Å². The predicted molar refractivity (Wildman–Crippen MR) is 146 cm³/mol. The lowest BCUT2D eigenvalue weighted by atomic mass is 9.99. The van der Waals surface area contributed by atoms with Gasteiger partial charge in [-0.05, 0) is 68.7 Å². The molecule has 10 nitrogen and oxygen atoms in total. The number of benzene rings is 1. The first-order valence-electron chi connectivity index (χ1n) is 14.4. The smallest absolute Gasteiger partial charge is 0.255 e. The molecule has 212 valence electrons. The van der Waals surface area contributed by atoms with Crippen molar-refractivity contribution in [2.75, 3.05) is 44.2 Å². The molecule has 3 unspecified atom stereocenters. The van der Waals surface area contributed by atoms with Crippen LogP contribution >= 0.6 is 0 Å². The molecule has 0 bridgehead atoms. The van der Waals surface area contributed by atoms with E-state index in [4.69, 9.17) is 0 Å². The molecule has 10 heteroatoms. The number of carbonyl (C=O) groups excluding carboxylic acids is 4. The summed E-state index contributed by atoms with van der Waals surface area (Å²) in [6.45, 7) is 7.91. The zero-order chi connectivity index (χ0) is 27.7. The van der Waals surface area contributed by atoms with E-state index in [1.165, 1.54) is 4.90 Å². The van der Waals surface area contributed by atoms with Crippen molar-refractivity contribution in [1.29, 1.82) is 0 Å². The van der Waals surface area contributed by atoms with Gasteiger partial charge in [0, 0.05) is 44.0 Å². The minimum Gasteiger partial charge on any atom is -0.380 e. The molecule has 3 atom stereocenters. The highest BCUT2D eigenvalue weighted by Gasteiger charge is 2.55. The van der Waals surface area contributed by atoms with Crippen LogP contribution < -0.4 is 15.5 Å². The van der Waals surface area contributed by atoms with Gasteiger partial charge in [0.15, 0.2) is 5.78 Å². The minimum atomic E-state index is -1.40. The molecule has 3 aliphatic heterocycles. The van der Waals surface area contributed by atoms with E-state index < -0.39 is 23.7 Å². The molecule has 1 aliphatic carbocycles. The fraction of sp³-hybridized carbons (Fsp3) is 0.655. The Bertz CT molecular complexity index is 1090. The lowest BCUT2D eigenvalue weighted by molar-refractivity contribution is -0.152. The van der Waals surface area contributed by atoms with E-state index in [1.807, 2.05) is 26.0 Å². The summed E-state index contributed by atoms with van der Waals surface area (Å²) in [4.78, 5) is 58.6. The Labute approximate surface area is 230 Å². The lowest BCUT2D eigenvalue weighted by Crippen LogP contribution is -2.53. The van der Waals surface area contributed by atoms with E-state index >= 15 is 0 Å². The number of amides is 3. The molecule has 3 heterocycles. The van der Waals surface area contributed by atoms with Gasteiger partial charge in [-0.25, -0.2) is 0 Å². The summed E-state index contributed by atoms with van der Waals surface area (Å²) in [6, 6.07) is 5.51. The third kappa shape index (κ3) is 5.54. The average molecular weight is 540 g/mol. The summed E-state index contributed by atoms with van der Waals surface area (Å²) in [5.41, 5.74) is 0.140. The monoisotopic (exact) mass is 539 g/mol. The molecule has 4 aliphatic rings. The van der Waals surface area contributed by atoms with Gasteiger partial charge in [0.05, 0.1) is 12.6 Å². The highest BCUT2D eigenvalue weighted by molar-refractivity contribution is 6.01. The molecule has 5 rings (SSSR count). The number of piperazine rings is 1. The number of nitrogens with zero attached hydrogens (tertiary/aromatic N) is 3. The molecule has 4 fully saturated rings. The van der Waals surface area contributed by atoms with Crippen molar-refractivity contribution in [3.63, 3.8) is 0 Å². The number of anilines is 1. The maximum Gasteiger partial charge on any atom is 0.255 e. The van der Waals surface area contributed by atoms with Gasteiger partial charge in [-0.3, -0.25) is 19.2 Å². The quantitative estimate of drug-likeness (QED) is 0.471. The van der Waals surface area contributed by atoms with Crippen LogP contribution in [-0.2, 0) is 14.4 Å². The van der Waals surface area contributed by atoms with Gasteiger partial charge < -0.3 is 30.4 Å². The number of carbonyl (C=O) groups is 4. The summed E-state index contributed by atoms with van der Waals surface area (Å²) in [6.07, 6.45) is 3.33. The minimum absolute atomic E-state index is 0.0824. The predicted octanol–water partition coefficient (Wildman–Crippen LogP) is 0.927. The third-order valence-electron chi connectivity index (χ3n) is 8.72. The Balaban J connectivity index is 1.27. The van der Waals surface area contributed by atoms with E-state index in [1.54, 1.807) is 17.0 Å². The molecule has 0 radical (unpaired) electrons. The van der Waals surface area contributed by atoms with Gasteiger partial charge in [0.2, 0.25) is 5.91 Å². The van der Waals surface area contributed by atoms with Crippen molar-refractivity contribution >= 4 is 29.2 Å². The van der Waals surface area contributed by atoms with Crippen molar-refractivity contribution in [2.24, 2.45) is 5.92 Å². The van der Waals surface area contributed by atoms with Crippen molar-refractivity contribution in [1.82, 2.24) is 20.4 Å². The van der Waals surface area contributed by atoms with E-state index in [2.05, 4.69) is 15.5 Å². The van der Waals surface area contributed by atoms with Crippen molar-refractivity contribution in [2.45, 2.75) is 76.1 Å². The summed E-state index contributed by atoms with van der Waals surface area (Å²) in [5.74, 6) is -1.04. The van der Waals surface area contributed by atoms with Crippen LogP contribution in [0.3, 0.4) is 0 Å². The van der Waals surface area contributed by atoms with Gasteiger partial charge in [-0.15, -0.1) is 0 Å². The molecule has 39 heavy (non-hydrogen) atoms. The summed E-state index contributed by atoms with van der Waals surface area (Å²) >= 11 is 0. The highest BCUT2D eigenvalue weighted by Crippen LogP contribution is 2.37. The number of nitrogens with one attached hydrogen (secondary N) is 2. The van der Waals surface area contributed by atoms with Crippen LogP contribution in [0.25, 0.3) is 0 Å². The molecule has 1 aromatic carbocycles. The molecular formula is C29H41N5O5. The van der Waals surface area contributed by atoms with E-state index in [9.17, 15) is 24.3 Å². The first-order valence-corrected chi connectivity index (χ1v) is 14.4. The number of fused-ring (bicyclic) bond motifs is 1. The number of aliphatic hydroxyl groups is 1. The Morgan fingerprint density at radius 3 is 2.36 bits per heavy atom. The van der Waals surface area contributed by atoms with E-state index in [0.717, 1.165) is 44.7 Å². The summed E-state index contributed by atoms with van der Waals surface area (Å²) in [5, 5.41) is 17.1. The second-order valence-corrected chi connectivity index (χ2v) is 11.9. The molecule has 0 aromatic heterocycles. The Morgan fingerprint density at radius 2 is 1.72 bits per heavy atom. The standard InChI is InChI=1S/C29H41N5O5/c1-19(2)17-22(31-26(36)20-5-7-21(8-6-20)32-15-12-30-13-16-32)27(37)33-14-9-23-25(33)24(35)18-34(23)28(38)29(39)10-3-4-11-29/h5-8,19,22-23,25,30,39H,3-4,9-18H2,1-2H3,(H,31,36). The maximum atomic E-state index is 13.8. The summed E-state index contributed by atoms with van der Waals surface area (Å²) in [7, 11) is 0. The maximum absolute atomic E-state index is 13.8. The van der Waals surface area contributed by atoms with E-state index in [-0.39, 0.29) is 36.0 Å². The van der Waals surface area contributed by atoms with Crippen molar-refractivity contribution in [3.05, 3.63) is 29.8 Å². The topological polar surface area (TPSA) is 122 Å². The molecule has 3 amide bonds. The van der Waals surface area contributed by atoms with E-state index in [0.29, 0.717) is 37.8 Å². The molecule has 0 spiro atoms. The highest BCUT2D eigenvalue weighted by atomic mass is 16.3. The first kappa shape index (κ1) is 27.6. The number of Topliss-reactive ketones (excluding diaryl/α,β-unsaturated/α-hetero) is 1. The second kappa shape index (κ2) is 11.3. The normalized spacial score (nSPS) is 25.2. The second-order valence-electron chi connectivity index (χ2n) is 11.9. The fourth-order valence-corrected chi connectivity index (χ4v) is 6.66. The van der Waals surface area contributed by atoms with Crippen LogP contribution in [0.15, 0.2) is 24.3 Å². The molecule has 1 saturated carbocycles. The Kier molecular flexibility index (Phi) is 7.96. The number of ketones is 1. The fourth-order valence-electron chi connectivity index (χ4n) is 6.66. The average Bonchev–Trinajstić information content (AvgIpc) is 3.65. The van der Waals surface area contributed by atoms with Crippen LogP contribution in [0.5, 0.6) is 0 Å². The molecule has 3 N–H and O–H groups in total. The van der Waals surface area contributed by atoms with Gasteiger partial charge in [0.25, 0.3) is 11.8 Å². The van der Waals surface area contributed by atoms with Crippen LogP contribution in [0.2, 0.25) is 0 Å². The van der Waals surface area contributed by atoms with Gasteiger partial charge in [0.1, 0.15) is 17.7 Å².